The van der Waals surface area contributed by atoms with Crippen LogP contribution < -0.4 is 0 Å². The number of fused-ring (bicyclic) bond motifs is 2. The molecule has 0 unspecified atom stereocenters. The lowest BCUT2D eigenvalue weighted by Gasteiger charge is -2.04. The van der Waals surface area contributed by atoms with E-state index in [0.29, 0.717) is 0 Å². The number of unbranched alkanes of at least 4 members (excludes halogenated alkanes) is 18. The second-order valence-corrected chi connectivity index (χ2v) is 17.2. The molecule has 5 aromatic rings. The van der Waals surface area contributed by atoms with Crippen LogP contribution in [0.1, 0.15) is 173 Å². The van der Waals surface area contributed by atoms with Crippen LogP contribution in [0.25, 0.3) is 21.5 Å². The highest BCUT2D eigenvalue weighted by atomic mass is 32.1. The van der Waals surface area contributed by atoms with Gasteiger partial charge in [-0.25, -0.2) is 0 Å². The molecule has 0 atom stereocenters. The molecular formula is C50H62S2. The predicted octanol–water partition coefficient (Wildman–Crippen LogP) is 15.8. The summed E-state index contributed by atoms with van der Waals surface area (Å²) in [5, 5.41) is 4.96. The molecule has 0 saturated heterocycles. The Hall–Kier alpha value is -3.30. The molecule has 0 aliphatic carbocycles. The maximum absolute atomic E-state index is 3.44. The number of benzene rings is 3. The summed E-state index contributed by atoms with van der Waals surface area (Å²) < 4.78 is 0. The monoisotopic (exact) mass is 726 g/mol. The fourth-order valence-electron chi connectivity index (χ4n) is 7.15. The fraction of sp³-hybridized carbons (Fsp3) is 0.480. The van der Waals surface area contributed by atoms with Gasteiger partial charge in [0.05, 0.1) is 9.75 Å². The van der Waals surface area contributed by atoms with Crippen molar-refractivity contribution < 1.29 is 0 Å². The van der Waals surface area contributed by atoms with Crippen molar-refractivity contribution in [2.45, 2.75) is 155 Å². The minimum Gasteiger partial charge on any atom is -0.132 e. The second-order valence-electron chi connectivity index (χ2n) is 14.9. The second kappa shape index (κ2) is 23.4. The van der Waals surface area contributed by atoms with E-state index in [1.807, 2.05) is 22.7 Å². The molecule has 2 heteroatoms. The minimum absolute atomic E-state index is 1.07. The Morgan fingerprint density at radius 3 is 1.10 bits per heavy atom. The lowest BCUT2D eigenvalue weighted by Crippen LogP contribution is -1.84. The lowest BCUT2D eigenvalue weighted by molar-refractivity contribution is 0.557. The van der Waals surface area contributed by atoms with E-state index in [0.717, 1.165) is 11.1 Å². The molecule has 0 N–H and O–H groups in total. The molecular weight excluding hydrogens is 665 g/mol. The topological polar surface area (TPSA) is 0 Å². The van der Waals surface area contributed by atoms with Crippen molar-refractivity contribution in [2.75, 3.05) is 0 Å². The summed E-state index contributed by atoms with van der Waals surface area (Å²) in [6.45, 7) is 4.58. The Morgan fingerprint density at radius 2 is 0.712 bits per heavy atom. The van der Waals surface area contributed by atoms with Crippen molar-refractivity contribution in [1.29, 1.82) is 0 Å². The average Bonchev–Trinajstić information content (AvgIpc) is 3.83. The van der Waals surface area contributed by atoms with Gasteiger partial charge in [0, 0.05) is 20.9 Å². The van der Waals surface area contributed by atoms with Gasteiger partial charge in [0.2, 0.25) is 0 Å². The third-order valence-electron chi connectivity index (χ3n) is 10.3. The Kier molecular flexibility index (Phi) is 17.9. The quantitative estimate of drug-likeness (QED) is 0.0378. The molecule has 0 aliphatic rings. The van der Waals surface area contributed by atoms with Crippen molar-refractivity contribution in [2.24, 2.45) is 0 Å². The van der Waals surface area contributed by atoms with Gasteiger partial charge in [0.25, 0.3) is 0 Å². The summed E-state index contributed by atoms with van der Waals surface area (Å²) in [5.41, 5.74) is 2.14. The molecule has 0 aliphatic heterocycles. The Labute approximate surface area is 324 Å². The zero-order chi connectivity index (χ0) is 36.1. The molecule has 3 aromatic carbocycles. The normalized spacial score (nSPS) is 11.1. The van der Waals surface area contributed by atoms with Gasteiger partial charge >= 0.3 is 0 Å². The van der Waals surface area contributed by atoms with Crippen LogP contribution >= 0.6 is 22.7 Å². The van der Waals surface area contributed by atoms with E-state index in [9.17, 15) is 0 Å². The van der Waals surface area contributed by atoms with E-state index < -0.39 is 0 Å². The third-order valence-corrected chi connectivity index (χ3v) is 12.5. The van der Waals surface area contributed by atoms with Gasteiger partial charge in [0.1, 0.15) is 0 Å². The highest BCUT2D eigenvalue weighted by molar-refractivity contribution is 7.12. The number of hydrogen-bond donors (Lipinski definition) is 0. The van der Waals surface area contributed by atoms with Crippen LogP contribution in [-0.4, -0.2) is 0 Å². The van der Waals surface area contributed by atoms with E-state index in [4.69, 9.17) is 0 Å². The summed E-state index contributed by atoms with van der Waals surface area (Å²) in [6.07, 6.45) is 30.1. The number of rotatable bonds is 22. The first-order valence-electron chi connectivity index (χ1n) is 20.9. The van der Waals surface area contributed by atoms with Crippen LogP contribution in [0.3, 0.4) is 0 Å². The first-order valence-corrected chi connectivity index (χ1v) is 22.5. The minimum atomic E-state index is 1.07. The van der Waals surface area contributed by atoms with Gasteiger partial charge in [-0.3, -0.25) is 0 Å². The Morgan fingerprint density at radius 1 is 0.346 bits per heavy atom. The van der Waals surface area contributed by atoms with E-state index in [1.54, 1.807) is 0 Å². The van der Waals surface area contributed by atoms with Crippen molar-refractivity contribution in [3.05, 3.63) is 103 Å². The molecule has 2 aromatic heterocycles. The standard InChI is InChI=1S/C50H62S2/c1-3-5-7-9-11-13-15-17-19-21-23-47-33-35-49(51-47)31-27-41-25-29-43-40-46-38-42(26-30-44(46)39-45(43)37-41)28-32-50-36-34-48(52-50)24-22-20-18-16-14-12-10-8-6-4-2/h25-26,29-30,33-40H,3-24H2,1-2H3. The zero-order valence-electron chi connectivity index (χ0n) is 32.3. The van der Waals surface area contributed by atoms with Gasteiger partial charge in [-0.15, -0.1) is 22.7 Å². The van der Waals surface area contributed by atoms with E-state index in [1.165, 1.54) is 182 Å². The average molecular weight is 727 g/mol. The largest absolute Gasteiger partial charge is 0.132 e. The lowest BCUT2D eigenvalue weighted by atomic mass is 10.0. The first kappa shape index (κ1) is 39.9. The highest BCUT2D eigenvalue weighted by Crippen LogP contribution is 2.26. The molecule has 52 heavy (non-hydrogen) atoms. The molecule has 5 rings (SSSR count). The van der Waals surface area contributed by atoms with Gasteiger partial charge in [-0.1, -0.05) is 165 Å². The van der Waals surface area contributed by atoms with Crippen LogP contribution in [0.4, 0.5) is 0 Å². The van der Waals surface area contributed by atoms with Crippen molar-refractivity contribution >= 4 is 44.2 Å². The Balaban J connectivity index is 1.06. The summed E-state index contributed by atoms with van der Waals surface area (Å²) in [5.74, 6) is 13.8. The van der Waals surface area contributed by atoms with Crippen LogP contribution in [0.15, 0.2) is 72.8 Å². The molecule has 274 valence electrons. The molecule has 0 nitrogen and oxygen atoms in total. The van der Waals surface area contributed by atoms with Crippen molar-refractivity contribution in [3.8, 4) is 23.7 Å². The number of thiophene rings is 2. The molecule has 0 spiro atoms. The van der Waals surface area contributed by atoms with E-state index in [2.05, 4.69) is 110 Å². The summed E-state index contributed by atoms with van der Waals surface area (Å²) >= 11 is 3.73. The van der Waals surface area contributed by atoms with Crippen molar-refractivity contribution in [1.82, 2.24) is 0 Å². The van der Waals surface area contributed by atoms with Crippen LogP contribution in [0.5, 0.6) is 0 Å². The van der Waals surface area contributed by atoms with Gasteiger partial charge < -0.3 is 0 Å². The molecule has 0 saturated carbocycles. The van der Waals surface area contributed by atoms with E-state index >= 15 is 0 Å². The molecule has 0 radical (unpaired) electrons. The van der Waals surface area contributed by atoms with Gasteiger partial charge in [-0.2, -0.15) is 0 Å². The number of hydrogen-bond acceptors (Lipinski definition) is 2. The Bertz CT molecular complexity index is 1750. The maximum Gasteiger partial charge on any atom is 0.0775 e. The maximum atomic E-state index is 3.44. The summed E-state index contributed by atoms with van der Waals surface area (Å²) in [6, 6.07) is 26.8. The number of aryl methyl sites for hydroxylation is 2. The molecule has 0 bridgehead atoms. The smallest absolute Gasteiger partial charge is 0.0775 e. The summed E-state index contributed by atoms with van der Waals surface area (Å²) in [4.78, 5) is 5.28. The zero-order valence-corrected chi connectivity index (χ0v) is 33.9. The SMILES string of the molecule is CCCCCCCCCCCCc1ccc(C#Cc2ccc3cc4cc(C#Cc5ccc(CCCCCCCCCCCC)s5)ccc4cc3c2)s1. The van der Waals surface area contributed by atoms with Crippen LogP contribution in [0.2, 0.25) is 0 Å². The third kappa shape index (κ3) is 14.3. The molecule has 0 fully saturated rings. The highest BCUT2D eigenvalue weighted by Gasteiger charge is 2.03. The van der Waals surface area contributed by atoms with Gasteiger partial charge in [-0.05, 0) is 108 Å². The molecule has 0 amide bonds. The van der Waals surface area contributed by atoms with Crippen molar-refractivity contribution in [3.63, 3.8) is 0 Å². The predicted molar refractivity (Wildman–Crippen MR) is 233 cm³/mol. The van der Waals surface area contributed by atoms with Crippen LogP contribution in [0, 0.1) is 23.7 Å². The first-order chi connectivity index (χ1) is 25.7. The van der Waals surface area contributed by atoms with E-state index in [-0.39, 0.29) is 0 Å². The van der Waals surface area contributed by atoms with Crippen LogP contribution in [-0.2, 0) is 12.8 Å². The molecule has 2 heterocycles. The summed E-state index contributed by atoms with van der Waals surface area (Å²) in [7, 11) is 0. The van der Waals surface area contributed by atoms with Gasteiger partial charge in [0.15, 0.2) is 0 Å². The fourth-order valence-corrected chi connectivity index (χ4v) is 8.96.